The molecule has 5 aromatic rings. The van der Waals surface area contributed by atoms with Crippen LogP contribution in [-0.4, -0.2) is 38.7 Å². The van der Waals surface area contributed by atoms with Gasteiger partial charge in [-0.1, -0.05) is 48.5 Å². The van der Waals surface area contributed by atoms with Crippen molar-refractivity contribution in [2.24, 2.45) is 0 Å². The molecule has 0 unspecified atom stereocenters. The SMILES string of the molecule is COC(=O)c1cc(Cc2nnn[nH]2)ccc1Cc1cccc(OCc2ccc3ccccc3n2)c1. The maximum atomic E-state index is 12.5. The summed E-state index contributed by atoms with van der Waals surface area (Å²) in [7, 11) is 1.38. The number of hydrogen-bond acceptors (Lipinski definition) is 7. The van der Waals surface area contributed by atoms with E-state index >= 15 is 0 Å². The van der Waals surface area contributed by atoms with Crippen molar-refractivity contribution >= 4 is 16.9 Å². The van der Waals surface area contributed by atoms with Crippen LogP contribution in [0.15, 0.2) is 78.9 Å². The van der Waals surface area contributed by atoms with Gasteiger partial charge in [-0.3, -0.25) is 0 Å². The van der Waals surface area contributed by atoms with E-state index in [1.165, 1.54) is 7.11 Å². The lowest BCUT2D eigenvalue weighted by atomic mass is 9.96. The third-order valence-corrected chi connectivity index (χ3v) is 5.68. The molecule has 3 aromatic carbocycles. The first kappa shape index (κ1) is 22.2. The first-order chi connectivity index (χ1) is 17.2. The van der Waals surface area contributed by atoms with Crippen LogP contribution < -0.4 is 4.74 Å². The summed E-state index contributed by atoms with van der Waals surface area (Å²) in [6.45, 7) is 0.368. The zero-order chi connectivity index (χ0) is 24.0. The summed E-state index contributed by atoms with van der Waals surface area (Å²) in [6.07, 6.45) is 1.05. The number of para-hydroxylation sites is 1. The fourth-order valence-corrected chi connectivity index (χ4v) is 3.95. The molecule has 0 bridgehead atoms. The molecule has 8 nitrogen and oxygen atoms in total. The summed E-state index contributed by atoms with van der Waals surface area (Å²) in [4.78, 5) is 17.2. The highest BCUT2D eigenvalue weighted by atomic mass is 16.5. The Morgan fingerprint density at radius 2 is 1.80 bits per heavy atom. The van der Waals surface area contributed by atoms with Gasteiger partial charge in [0.1, 0.15) is 12.4 Å². The summed E-state index contributed by atoms with van der Waals surface area (Å²) in [5.41, 5.74) is 5.12. The highest BCUT2D eigenvalue weighted by molar-refractivity contribution is 5.91. The van der Waals surface area contributed by atoms with Crippen molar-refractivity contribution < 1.29 is 14.3 Å². The fourth-order valence-electron chi connectivity index (χ4n) is 3.95. The van der Waals surface area contributed by atoms with Gasteiger partial charge in [0, 0.05) is 11.8 Å². The van der Waals surface area contributed by atoms with Crippen LogP contribution in [0.1, 0.15) is 38.6 Å². The van der Waals surface area contributed by atoms with Gasteiger partial charge in [0.05, 0.1) is 23.9 Å². The molecule has 0 saturated heterocycles. The minimum absolute atomic E-state index is 0.368. The van der Waals surface area contributed by atoms with Crippen LogP contribution >= 0.6 is 0 Å². The molecule has 0 aliphatic heterocycles. The van der Waals surface area contributed by atoms with E-state index < -0.39 is 0 Å². The molecule has 8 heteroatoms. The second-order valence-electron chi connectivity index (χ2n) is 8.12. The standard InChI is InChI=1S/C27H23N5O3/c1-34-27(33)24-15-19(16-26-29-31-32-30-26)9-10-21(24)13-18-5-4-7-23(14-18)35-17-22-12-11-20-6-2-3-8-25(20)28-22/h2-12,14-15H,13,16-17H2,1H3,(H,29,30,31,32). The van der Waals surface area contributed by atoms with E-state index in [9.17, 15) is 4.79 Å². The number of esters is 1. The van der Waals surface area contributed by atoms with E-state index in [-0.39, 0.29) is 5.97 Å². The van der Waals surface area contributed by atoms with Crippen molar-refractivity contribution in [1.29, 1.82) is 0 Å². The quantitative estimate of drug-likeness (QED) is 0.341. The van der Waals surface area contributed by atoms with E-state index in [0.717, 1.165) is 39.0 Å². The molecular formula is C27H23N5O3. The molecule has 0 spiro atoms. The second-order valence-corrected chi connectivity index (χ2v) is 8.12. The third-order valence-electron chi connectivity index (χ3n) is 5.68. The average Bonchev–Trinajstić information content (AvgIpc) is 3.41. The van der Waals surface area contributed by atoms with Gasteiger partial charge in [0.25, 0.3) is 0 Å². The van der Waals surface area contributed by atoms with Crippen LogP contribution in [0.5, 0.6) is 5.75 Å². The van der Waals surface area contributed by atoms with Crippen molar-refractivity contribution in [1.82, 2.24) is 25.6 Å². The topological polar surface area (TPSA) is 103 Å². The average molecular weight is 466 g/mol. The number of hydrogen-bond donors (Lipinski definition) is 1. The Bertz CT molecular complexity index is 1470. The number of H-pyrrole nitrogens is 1. The molecule has 174 valence electrons. The lowest BCUT2D eigenvalue weighted by Crippen LogP contribution is -2.08. The van der Waals surface area contributed by atoms with Gasteiger partial charge < -0.3 is 9.47 Å². The van der Waals surface area contributed by atoms with Gasteiger partial charge in [0.15, 0.2) is 5.82 Å². The molecule has 0 atom stereocenters. The molecule has 0 radical (unpaired) electrons. The summed E-state index contributed by atoms with van der Waals surface area (Å²) < 4.78 is 11.0. The number of aromatic nitrogens is 5. The number of pyridine rings is 1. The molecule has 0 aliphatic rings. The number of benzene rings is 3. The van der Waals surface area contributed by atoms with E-state index in [1.807, 2.05) is 78.9 Å². The molecule has 5 rings (SSSR count). The van der Waals surface area contributed by atoms with E-state index in [2.05, 4.69) is 25.6 Å². The van der Waals surface area contributed by atoms with Crippen LogP contribution in [-0.2, 0) is 24.2 Å². The lowest BCUT2D eigenvalue weighted by molar-refractivity contribution is 0.0599. The Labute approximate surface area is 201 Å². The lowest BCUT2D eigenvalue weighted by Gasteiger charge is -2.12. The molecule has 0 fully saturated rings. The summed E-state index contributed by atoms with van der Waals surface area (Å²) in [5, 5.41) is 14.9. The van der Waals surface area contributed by atoms with Gasteiger partial charge in [-0.2, -0.15) is 0 Å². The molecule has 1 N–H and O–H groups in total. The largest absolute Gasteiger partial charge is 0.487 e. The van der Waals surface area contributed by atoms with Crippen LogP contribution in [0.3, 0.4) is 0 Å². The first-order valence-electron chi connectivity index (χ1n) is 11.2. The number of methoxy groups -OCH3 is 1. The highest BCUT2D eigenvalue weighted by Crippen LogP contribution is 2.22. The van der Waals surface area contributed by atoms with Gasteiger partial charge in [-0.05, 0) is 63.9 Å². The predicted octanol–water partition coefficient (Wildman–Crippen LogP) is 4.30. The maximum absolute atomic E-state index is 12.5. The molecule has 35 heavy (non-hydrogen) atoms. The van der Waals surface area contributed by atoms with Crippen LogP contribution in [0, 0.1) is 0 Å². The normalized spacial score (nSPS) is 10.9. The van der Waals surface area contributed by atoms with Gasteiger partial charge in [-0.25, -0.2) is 14.9 Å². The zero-order valence-corrected chi connectivity index (χ0v) is 19.1. The Morgan fingerprint density at radius 3 is 2.66 bits per heavy atom. The minimum Gasteiger partial charge on any atom is -0.487 e. The Hall–Kier alpha value is -4.59. The number of carbonyl (C=O) groups is 1. The number of carbonyl (C=O) groups excluding carboxylic acids is 1. The summed E-state index contributed by atoms with van der Waals surface area (Å²) in [5.74, 6) is 0.984. The van der Waals surface area contributed by atoms with Gasteiger partial charge in [-0.15, -0.1) is 5.10 Å². The highest BCUT2D eigenvalue weighted by Gasteiger charge is 2.14. The predicted molar refractivity (Wildman–Crippen MR) is 130 cm³/mol. The molecule has 0 aliphatic carbocycles. The number of fused-ring (bicyclic) bond motifs is 1. The van der Waals surface area contributed by atoms with Gasteiger partial charge in [0.2, 0.25) is 0 Å². The van der Waals surface area contributed by atoms with Crippen LogP contribution in [0.25, 0.3) is 10.9 Å². The van der Waals surface area contributed by atoms with Crippen molar-refractivity contribution in [3.8, 4) is 5.75 Å². The number of aromatic amines is 1. The van der Waals surface area contributed by atoms with Crippen molar-refractivity contribution in [3.05, 3.63) is 113 Å². The van der Waals surface area contributed by atoms with Crippen LogP contribution in [0.4, 0.5) is 0 Å². The zero-order valence-electron chi connectivity index (χ0n) is 19.1. The van der Waals surface area contributed by atoms with Crippen molar-refractivity contribution in [3.63, 3.8) is 0 Å². The fraction of sp³-hybridized carbons (Fsp3) is 0.148. The Balaban J connectivity index is 1.31. The number of ether oxygens (including phenoxy) is 2. The Kier molecular flexibility index (Phi) is 6.43. The number of nitrogens with one attached hydrogen (secondary N) is 1. The third kappa shape index (κ3) is 5.33. The smallest absolute Gasteiger partial charge is 0.338 e. The number of nitrogens with zero attached hydrogens (tertiary/aromatic N) is 4. The number of tetrazole rings is 1. The molecular weight excluding hydrogens is 442 g/mol. The number of rotatable bonds is 8. The van der Waals surface area contributed by atoms with Crippen molar-refractivity contribution in [2.45, 2.75) is 19.4 Å². The molecule has 2 aromatic heterocycles. The Morgan fingerprint density at radius 1 is 0.914 bits per heavy atom. The van der Waals surface area contributed by atoms with Gasteiger partial charge >= 0.3 is 5.97 Å². The summed E-state index contributed by atoms with van der Waals surface area (Å²) in [6, 6.07) is 25.6. The molecule has 0 saturated carbocycles. The van der Waals surface area contributed by atoms with E-state index in [1.54, 1.807) is 0 Å². The summed E-state index contributed by atoms with van der Waals surface area (Å²) >= 11 is 0. The molecule has 0 amide bonds. The van der Waals surface area contributed by atoms with E-state index in [4.69, 9.17) is 9.47 Å². The van der Waals surface area contributed by atoms with Crippen molar-refractivity contribution in [2.75, 3.05) is 7.11 Å². The molecule has 2 heterocycles. The minimum atomic E-state index is -0.382. The van der Waals surface area contributed by atoms with E-state index in [0.29, 0.717) is 30.8 Å². The first-order valence-corrected chi connectivity index (χ1v) is 11.2. The monoisotopic (exact) mass is 465 g/mol. The maximum Gasteiger partial charge on any atom is 0.338 e. The van der Waals surface area contributed by atoms with Crippen LogP contribution in [0.2, 0.25) is 0 Å². The second kappa shape index (κ2) is 10.1.